The van der Waals surface area contributed by atoms with Gasteiger partial charge < -0.3 is 8.83 Å². The van der Waals surface area contributed by atoms with Crippen LogP contribution in [0.15, 0.2) is 91.0 Å². The van der Waals surface area contributed by atoms with Gasteiger partial charge in [0.15, 0.2) is 5.76 Å². The summed E-state index contributed by atoms with van der Waals surface area (Å²) in [6.45, 7) is 1.04. The summed E-state index contributed by atoms with van der Waals surface area (Å²) in [5, 5.41) is 8.77. The van der Waals surface area contributed by atoms with Crippen molar-refractivity contribution >= 4 is 21.8 Å². The SMILES string of the molecule is O=S(=O)(c1ccc(Sc2nnc(-c3ccco3)o2)nc1)N1CCC(Cc2ccccc2)CC1. The molecule has 0 radical (unpaired) electrons. The van der Waals surface area contributed by atoms with Gasteiger partial charge in [0, 0.05) is 19.3 Å². The minimum Gasteiger partial charge on any atom is -0.459 e. The second-order valence-corrected chi connectivity index (χ2v) is 10.7. The maximum Gasteiger partial charge on any atom is 0.284 e. The van der Waals surface area contributed by atoms with Gasteiger partial charge in [-0.3, -0.25) is 0 Å². The third-order valence-electron chi connectivity index (χ3n) is 5.62. The summed E-state index contributed by atoms with van der Waals surface area (Å²) in [4.78, 5) is 4.47. The number of hydrogen-bond acceptors (Lipinski definition) is 8. The van der Waals surface area contributed by atoms with E-state index in [4.69, 9.17) is 8.83 Å². The molecule has 0 saturated carbocycles. The first-order valence-corrected chi connectivity index (χ1v) is 12.9. The van der Waals surface area contributed by atoms with Crippen LogP contribution in [0.2, 0.25) is 0 Å². The van der Waals surface area contributed by atoms with E-state index < -0.39 is 10.0 Å². The molecule has 0 N–H and O–H groups in total. The van der Waals surface area contributed by atoms with Crippen LogP contribution < -0.4 is 0 Å². The van der Waals surface area contributed by atoms with E-state index >= 15 is 0 Å². The summed E-state index contributed by atoms with van der Waals surface area (Å²) >= 11 is 1.16. The average Bonchev–Trinajstić information content (AvgIpc) is 3.53. The predicted molar refractivity (Wildman–Crippen MR) is 122 cm³/mol. The van der Waals surface area contributed by atoms with Gasteiger partial charge in [0.2, 0.25) is 10.0 Å². The smallest absolute Gasteiger partial charge is 0.284 e. The van der Waals surface area contributed by atoms with Crippen molar-refractivity contribution in [3.8, 4) is 11.7 Å². The molecule has 0 atom stereocenters. The highest BCUT2D eigenvalue weighted by molar-refractivity contribution is 7.99. The highest BCUT2D eigenvalue weighted by Gasteiger charge is 2.29. The van der Waals surface area contributed by atoms with Gasteiger partial charge in [-0.2, -0.15) is 4.31 Å². The van der Waals surface area contributed by atoms with Gasteiger partial charge in [-0.1, -0.05) is 30.3 Å². The van der Waals surface area contributed by atoms with Gasteiger partial charge in [0.05, 0.1) is 6.26 Å². The summed E-state index contributed by atoms with van der Waals surface area (Å²) in [6, 6.07) is 17.0. The first kappa shape index (κ1) is 21.9. The van der Waals surface area contributed by atoms with Crippen LogP contribution in [0.4, 0.5) is 0 Å². The number of piperidine rings is 1. The number of rotatable bonds is 7. The van der Waals surface area contributed by atoms with Crippen molar-refractivity contribution in [2.24, 2.45) is 5.92 Å². The molecule has 0 spiro atoms. The topological polar surface area (TPSA) is 102 Å². The Labute approximate surface area is 196 Å². The molecule has 1 aromatic carbocycles. The minimum atomic E-state index is -3.58. The highest BCUT2D eigenvalue weighted by Crippen LogP contribution is 2.30. The molecule has 1 saturated heterocycles. The van der Waals surface area contributed by atoms with Gasteiger partial charge in [-0.05, 0) is 66.8 Å². The van der Waals surface area contributed by atoms with Crippen molar-refractivity contribution in [2.75, 3.05) is 13.1 Å². The number of furan rings is 1. The molecule has 0 aliphatic carbocycles. The Kier molecular flexibility index (Phi) is 6.30. The largest absolute Gasteiger partial charge is 0.459 e. The van der Waals surface area contributed by atoms with Gasteiger partial charge in [0.1, 0.15) is 9.92 Å². The Morgan fingerprint density at radius 1 is 1.00 bits per heavy atom. The van der Waals surface area contributed by atoms with E-state index in [0.717, 1.165) is 31.0 Å². The fourth-order valence-corrected chi connectivity index (χ4v) is 5.91. The molecule has 10 heteroatoms. The lowest BCUT2D eigenvalue weighted by Crippen LogP contribution is -2.38. The number of pyridine rings is 1. The molecule has 3 aromatic heterocycles. The molecule has 4 heterocycles. The van der Waals surface area contributed by atoms with Crippen molar-refractivity contribution in [3.63, 3.8) is 0 Å². The summed E-state index contributed by atoms with van der Waals surface area (Å²) in [5.41, 5.74) is 1.30. The van der Waals surface area contributed by atoms with Crippen LogP contribution in [0, 0.1) is 5.92 Å². The molecule has 1 fully saturated rings. The standard InChI is InChI=1S/C23H22N4O4S2/c28-33(29,27-12-10-18(11-13-27)15-17-5-2-1-3-6-17)19-8-9-21(24-16-19)32-23-26-25-22(31-23)20-7-4-14-30-20/h1-9,14,16,18H,10-13,15H2. The van der Waals surface area contributed by atoms with Crippen molar-refractivity contribution in [1.82, 2.24) is 19.5 Å². The Morgan fingerprint density at radius 2 is 1.82 bits per heavy atom. The molecule has 1 aliphatic heterocycles. The van der Waals surface area contributed by atoms with Gasteiger partial charge >= 0.3 is 0 Å². The lowest BCUT2D eigenvalue weighted by molar-refractivity contribution is 0.273. The Hall–Kier alpha value is -2.95. The zero-order chi connectivity index (χ0) is 22.7. The maximum atomic E-state index is 13.1. The second kappa shape index (κ2) is 9.50. The van der Waals surface area contributed by atoms with E-state index in [1.54, 1.807) is 28.6 Å². The molecule has 0 amide bonds. The van der Waals surface area contributed by atoms with Crippen LogP contribution in [-0.2, 0) is 16.4 Å². The summed E-state index contributed by atoms with van der Waals surface area (Å²) in [7, 11) is -3.58. The van der Waals surface area contributed by atoms with Crippen molar-refractivity contribution < 1.29 is 17.3 Å². The third-order valence-corrected chi connectivity index (χ3v) is 8.29. The predicted octanol–water partition coefficient (Wildman–Crippen LogP) is 4.52. The van der Waals surface area contributed by atoms with E-state index in [9.17, 15) is 8.42 Å². The highest BCUT2D eigenvalue weighted by atomic mass is 32.2. The van der Waals surface area contributed by atoms with Crippen molar-refractivity contribution in [3.05, 3.63) is 72.6 Å². The fourth-order valence-electron chi connectivity index (χ4n) is 3.87. The van der Waals surface area contributed by atoms with Crippen LogP contribution in [0.1, 0.15) is 18.4 Å². The summed E-state index contributed by atoms with van der Waals surface area (Å²) in [5.74, 6) is 1.25. The Morgan fingerprint density at radius 3 is 2.52 bits per heavy atom. The molecular formula is C23H22N4O4S2. The molecule has 8 nitrogen and oxygen atoms in total. The summed E-state index contributed by atoms with van der Waals surface area (Å²) < 4.78 is 38.5. The zero-order valence-electron chi connectivity index (χ0n) is 17.7. The minimum absolute atomic E-state index is 0.190. The molecular weight excluding hydrogens is 460 g/mol. The fraction of sp³-hybridized carbons (Fsp3) is 0.261. The van der Waals surface area contributed by atoms with E-state index in [1.807, 2.05) is 18.2 Å². The average molecular weight is 483 g/mol. The number of aromatic nitrogens is 3. The molecule has 0 bridgehead atoms. The number of nitrogens with zero attached hydrogens (tertiary/aromatic N) is 4. The molecule has 170 valence electrons. The molecule has 5 rings (SSSR count). The number of sulfonamides is 1. The third kappa shape index (κ3) is 5.02. The first-order valence-electron chi connectivity index (χ1n) is 10.6. The van der Waals surface area contributed by atoms with Crippen LogP contribution in [0.3, 0.4) is 0 Å². The first-order chi connectivity index (χ1) is 16.1. The van der Waals surface area contributed by atoms with Crippen LogP contribution in [0.5, 0.6) is 0 Å². The number of benzene rings is 1. The number of hydrogen-bond donors (Lipinski definition) is 0. The van der Waals surface area contributed by atoms with Crippen LogP contribution in [0.25, 0.3) is 11.7 Å². The monoisotopic (exact) mass is 482 g/mol. The maximum absolute atomic E-state index is 13.1. The van der Waals surface area contributed by atoms with E-state index in [0.29, 0.717) is 35.0 Å². The van der Waals surface area contributed by atoms with Crippen molar-refractivity contribution in [2.45, 2.75) is 34.4 Å². The van der Waals surface area contributed by atoms with E-state index in [2.05, 4.69) is 27.3 Å². The lowest BCUT2D eigenvalue weighted by Gasteiger charge is -2.31. The second-order valence-electron chi connectivity index (χ2n) is 7.82. The molecule has 1 aliphatic rings. The van der Waals surface area contributed by atoms with Gasteiger partial charge in [-0.15, -0.1) is 10.2 Å². The lowest BCUT2D eigenvalue weighted by atomic mass is 9.91. The van der Waals surface area contributed by atoms with Gasteiger partial charge in [0.25, 0.3) is 11.1 Å². The Balaban J connectivity index is 1.20. The van der Waals surface area contributed by atoms with Crippen LogP contribution in [-0.4, -0.2) is 41.0 Å². The molecule has 33 heavy (non-hydrogen) atoms. The molecule has 4 aromatic rings. The van der Waals surface area contributed by atoms with Crippen molar-refractivity contribution in [1.29, 1.82) is 0 Å². The Bertz CT molecular complexity index is 1280. The normalized spacial score (nSPS) is 15.6. The van der Waals surface area contributed by atoms with E-state index in [1.165, 1.54) is 18.0 Å². The van der Waals surface area contributed by atoms with Crippen LogP contribution >= 0.6 is 11.8 Å². The zero-order valence-corrected chi connectivity index (χ0v) is 19.3. The van der Waals surface area contributed by atoms with E-state index in [-0.39, 0.29) is 10.8 Å². The summed E-state index contributed by atoms with van der Waals surface area (Å²) in [6.07, 6.45) is 5.60. The van der Waals surface area contributed by atoms with Gasteiger partial charge in [-0.25, -0.2) is 13.4 Å². The molecule has 0 unspecified atom stereocenters. The quantitative estimate of drug-likeness (QED) is 0.379.